The summed E-state index contributed by atoms with van der Waals surface area (Å²) in [5.41, 5.74) is 0. The molecule has 1 aromatic heterocycles. The van der Waals surface area contributed by atoms with Crippen molar-refractivity contribution >= 4 is 11.3 Å². The Hall–Kier alpha value is -0.450. The van der Waals surface area contributed by atoms with Gasteiger partial charge in [0.05, 0.1) is 6.04 Å². The Labute approximate surface area is 133 Å². The zero-order chi connectivity index (χ0) is 14.7. The third-order valence-electron chi connectivity index (χ3n) is 5.28. The van der Waals surface area contributed by atoms with Crippen LogP contribution >= 0.6 is 11.3 Å². The maximum Gasteiger partial charge on any atom is 0.110 e. The van der Waals surface area contributed by atoms with Gasteiger partial charge >= 0.3 is 0 Å². The standard InChI is InChI=1S/C17H29N3S/c1-3-15-11-19-17(21-15)13(2)20-10-9-18-16(12-20)14-7-5-4-6-8-14/h11,13-14,16,18H,3-10,12H2,1-2H3. The molecule has 3 rings (SSSR count). The number of thiazole rings is 1. The summed E-state index contributed by atoms with van der Waals surface area (Å²) >= 11 is 1.90. The van der Waals surface area contributed by atoms with Gasteiger partial charge in [0.15, 0.2) is 0 Å². The molecule has 0 aromatic carbocycles. The molecule has 3 nitrogen and oxygen atoms in total. The molecule has 1 saturated heterocycles. The number of nitrogens with one attached hydrogen (secondary N) is 1. The van der Waals surface area contributed by atoms with E-state index in [-0.39, 0.29) is 0 Å². The molecule has 2 fully saturated rings. The van der Waals surface area contributed by atoms with E-state index >= 15 is 0 Å². The fourth-order valence-electron chi connectivity index (χ4n) is 3.84. The second kappa shape index (κ2) is 7.21. The monoisotopic (exact) mass is 307 g/mol. The van der Waals surface area contributed by atoms with Gasteiger partial charge < -0.3 is 5.32 Å². The van der Waals surface area contributed by atoms with Gasteiger partial charge in [-0.15, -0.1) is 11.3 Å². The molecule has 118 valence electrons. The molecule has 0 radical (unpaired) electrons. The molecule has 0 amide bonds. The first-order chi connectivity index (χ1) is 10.3. The minimum Gasteiger partial charge on any atom is -0.311 e. The number of rotatable bonds is 4. The van der Waals surface area contributed by atoms with Crippen molar-refractivity contribution in [2.24, 2.45) is 5.92 Å². The lowest BCUT2D eigenvalue weighted by atomic mass is 9.83. The van der Waals surface area contributed by atoms with Crippen LogP contribution in [0.1, 0.15) is 61.9 Å². The molecule has 1 aliphatic heterocycles. The quantitative estimate of drug-likeness (QED) is 0.921. The molecule has 4 heteroatoms. The molecule has 1 aromatic rings. The van der Waals surface area contributed by atoms with Crippen molar-refractivity contribution in [3.63, 3.8) is 0 Å². The number of hydrogen-bond donors (Lipinski definition) is 1. The van der Waals surface area contributed by atoms with Gasteiger partial charge in [-0.3, -0.25) is 4.90 Å². The Morgan fingerprint density at radius 3 is 2.90 bits per heavy atom. The molecule has 1 aliphatic carbocycles. The Morgan fingerprint density at radius 1 is 1.38 bits per heavy atom. The molecule has 1 N–H and O–H groups in total. The first-order valence-corrected chi connectivity index (χ1v) is 9.51. The molecule has 2 heterocycles. The zero-order valence-electron chi connectivity index (χ0n) is 13.5. The number of piperazine rings is 1. The predicted octanol–water partition coefficient (Wildman–Crippen LogP) is 3.62. The Kier molecular flexibility index (Phi) is 5.30. The summed E-state index contributed by atoms with van der Waals surface area (Å²) in [4.78, 5) is 8.72. The van der Waals surface area contributed by atoms with Crippen LogP contribution in [-0.2, 0) is 6.42 Å². The lowest BCUT2D eigenvalue weighted by molar-refractivity contribution is 0.114. The van der Waals surface area contributed by atoms with E-state index in [0.29, 0.717) is 12.1 Å². The molecule has 21 heavy (non-hydrogen) atoms. The van der Waals surface area contributed by atoms with E-state index < -0.39 is 0 Å². The summed E-state index contributed by atoms with van der Waals surface area (Å²) in [6.45, 7) is 8.04. The summed E-state index contributed by atoms with van der Waals surface area (Å²) in [5, 5.41) is 5.08. The van der Waals surface area contributed by atoms with Crippen molar-refractivity contribution in [3.8, 4) is 0 Å². The summed E-state index contributed by atoms with van der Waals surface area (Å²) in [6, 6.07) is 1.18. The van der Waals surface area contributed by atoms with Gasteiger partial charge in [-0.05, 0) is 32.1 Å². The van der Waals surface area contributed by atoms with Gasteiger partial charge in [0.1, 0.15) is 5.01 Å². The van der Waals surface area contributed by atoms with E-state index in [1.165, 1.54) is 48.5 Å². The lowest BCUT2D eigenvalue weighted by Gasteiger charge is -2.41. The van der Waals surface area contributed by atoms with E-state index in [4.69, 9.17) is 0 Å². The number of hydrogen-bond acceptors (Lipinski definition) is 4. The van der Waals surface area contributed by atoms with Crippen molar-refractivity contribution in [1.82, 2.24) is 15.2 Å². The molecular formula is C17H29N3S. The first kappa shape index (κ1) is 15.4. The fourth-order valence-corrected chi connectivity index (χ4v) is 4.78. The molecule has 0 bridgehead atoms. The number of nitrogens with zero attached hydrogens (tertiary/aromatic N) is 2. The minimum absolute atomic E-state index is 0.475. The molecule has 2 atom stereocenters. The normalized spacial score (nSPS) is 26.9. The molecule has 0 spiro atoms. The molecule has 1 saturated carbocycles. The highest BCUT2D eigenvalue weighted by atomic mass is 32.1. The third kappa shape index (κ3) is 3.66. The van der Waals surface area contributed by atoms with E-state index in [1.54, 1.807) is 0 Å². The zero-order valence-corrected chi connectivity index (χ0v) is 14.3. The van der Waals surface area contributed by atoms with Gasteiger partial charge in [0.2, 0.25) is 0 Å². The summed E-state index contributed by atoms with van der Waals surface area (Å²) < 4.78 is 0. The van der Waals surface area contributed by atoms with Crippen LogP contribution in [-0.4, -0.2) is 35.6 Å². The van der Waals surface area contributed by atoms with Gasteiger partial charge in [-0.1, -0.05) is 26.2 Å². The van der Waals surface area contributed by atoms with Gasteiger partial charge in [0.25, 0.3) is 0 Å². The molecule has 2 aliphatic rings. The largest absolute Gasteiger partial charge is 0.311 e. The van der Waals surface area contributed by atoms with Crippen molar-refractivity contribution in [2.75, 3.05) is 19.6 Å². The van der Waals surface area contributed by atoms with Gasteiger partial charge in [-0.25, -0.2) is 4.98 Å². The van der Waals surface area contributed by atoms with Crippen molar-refractivity contribution in [3.05, 3.63) is 16.1 Å². The van der Waals surface area contributed by atoms with Crippen molar-refractivity contribution in [1.29, 1.82) is 0 Å². The topological polar surface area (TPSA) is 28.2 Å². The highest BCUT2D eigenvalue weighted by Gasteiger charge is 2.30. The van der Waals surface area contributed by atoms with Crippen LogP contribution in [0.4, 0.5) is 0 Å². The van der Waals surface area contributed by atoms with Gasteiger partial charge in [0, 0.05) is 36.8 Å². The van der Waals surface area contributed by atoms with Crippen LogP contribution in [0.3, 0.4) is 0 Å². The average Bonchev–Trinajstić information content (AvgIpc) is 3.04. The summed E-state index contributed by atoms with van der Waals surface area (Å²) in [7, 11) is 0. The van der Waals surface area contributed by atoms with E-state index in [9.17, 15) is 0 Å². The van der Waals surface area contributed by atoms with Crippen LogP contribution in [0.5, 0.6) is 0 Å². The highest BCUT2D eigenvalue weighted by Crippen LogP contribution is 2.31. The van der Waals surface area contributed by atoms with Crippen LogP contribution in [0, 0.1) is 5.92 Å². The van der Waals surface area contributed by atoms with Crippen molar-refractivity contribution in [2.45, 2.75) is 64.5 Å². The highest BCUT2D eigenvalue weighted by molar-refractivity contribution is 7.11. The van der Waals surface area contributed by atoms with Crippen LogP contribution < -0.4 is 5.32 Å². The molecule has 2 unspecified atom stereocenters. The number of aryl methyl sites for hydroxylation is 1. The Balaban J connectivity index is 1.61. The average molecular weight is 308 g/mol. The second-order valence-electron chi connectivity index (χ2n) is 6.65. The predicted molar refractivity (Wildman–Crippen MR) is 89.8 cm³/mol. The van der Waals surface area contributed by atoms with Crippen LogP contribution in [0.25, 0.3) is 0 Å². The second-order valence-corrected chi connectivity index (χ2v) is 7.79. The summed E-state index contributed by atoms with van der Waals surface area (Å²) in [6.07, 6.45) is 10.3. The van der Waals surface area contributed by atoms with Crippen LogP contribution in [0.2, 0.25) is 0 Å². The SMILES string of the molecule is CCc1cnc(C(C)N2CCNC(C3CCCCC3)C2)s1. The summed E-state index contributed by atoms with van der Waals surface area (Å²) in [5.74, 6) is 0.899. The maximum atomic E-state index is 4.66. The smallest absolute Gasteiger partial charge is 0.110 e. The van der Waals surface area contributed by atoms with E-state index in [0.717, 1.165) is 25.4 Å². The van der Waals surface area contributed by atoms with Crippen LogP contribution in [0.15, 0.2) is 6.20 Å². The third-order valence-corrected chi connectivity index (χ3v) is 6.59. The van der Waals surface area contributed by atoms with Crippen molar-refractivity contribution < 1.29 is 0 Å². The Morgan fingerprint density at radius 2 is 2.19 bits per heavy atom. The fraction of sp³-hybridized carbons (Fsp3) is 0.824. The Bertz CT molecular complexity index is 439. The molecular weight excluding hydrogens is 278 g/mol. The minimum atomic E-state index is 0.475. The van der Waals surface area contributed by atoms with E-state index in [2.05, 4.69) is 35.2 Å². The first-order valence-electron chi connectivity index (χ1n) is 8.70. The van der Waals surface area contributed by atoms with Gasteiger partial charge in [-0.2, -0.15) is 0 Å². The number of aromatic nitrogens is 1. The van der Waals surface area contributed by atoms with E-state index in [1.807, 2.05) is 11.3 Å². The lowest BCUT2D eigenvalue weighted by Crippen LogP contribution is -2.54. The maximum absolute atomic E-state index is 4.66.